The van der Waals surface area contributed by atoms with Gasteiger partial charge in [-0.1, -0.05) is 0 Å². The number of ether oxygens (including phenoxy) is 1. The van der Waals surface area contributed by atoms with Crippen molar-refractivity contribution in [2.45, 2.75) is 6.18 Å². The summed E-state index contributed by atoms with van der Waals surface area (Å²) in [4.78, 5) is 10.2. The fourth-order valence-corrected chi connectivity index (χ4v) is 1.12. The van der Waals surface area contributed by atoms with Gasteiger partial charge in [0.05, 0.1) is 5.56 Å². The molecule has 0 saturated heterocycles. The number of anilines is 1. The van der Waals surface area contributed by atoms with Crippen LogP contribution in [0, 0.1) is 0 Å². The lowest BCUT2D eigenvalue weighted by Crippen LogP contribution is -2.18. The fourth-order valence-electron chi connectivity index (χ4n) is 1.12. The summed E-state index contributed by atoms with van der Waals surface area (Å²) in [5.41, 5.74) is 4.52. The predicted octanol–water partition coefficient (Wildman–Crippen LogP) is 2.21. The van der Waals surface area contributed by atoms with Crippen molar-refractivity contribution in [3.63, 3.8) is 0 Å². The minimum absolute atomic E-state index is 0.0519. The van der Waals surface area contributed by atoms with Gasteiger partial charge < -0.3 is 15.8 Å². The first-order chi connectivity index (χ1) is 7.89. The van der Waals surface area contributed by atoms with Gasteiger partial charge in [-0.2, -0.15) is 13.2 Å². The maximum Gasteiger partial charge on any atom is 0.416 e. The molecular weight excluding hydrogens is 237 g/mol. The maximum absolute atomic E-state index is 12.2. The Balaban J connectivity index is 2.43. The lowest BCUT2D eigenvalue weighted by Gasteiger charge is -2.09. The quantitative estimate of drug-likeness (QED) is 0.803. The first-order valence-corrected chi connectivity index (χ1v) is 4.73. The standard InChI is InChI=1S/C10H11F3N2O2/c11-10(12,13)7-1-3-8(4-2-7)15-5-6-17-9(14)16/h1-4,15H,5-6H2,(H2,14,16). The lowest BCUT2D eigenvalue weighted by atomic mass is 10.2. The molecule has 4 nitrogen and oxygen atoms in total. The van der Waals surface area contributed by atoms with Crippen LogP contribution in [0.25, 0.3) is 0 Å². The lowest BCUT2D eigenvalue weighted by molar-refractivity contribution is -0.137. The van der Waals surface area contributed by atoms with E-state index in [1.54, 1.807) is 0 Å². The van der Waals surface area contributed by atoms with Crippen molar-refractivity contribution in [3.05, 3.63) is 29.8 Å². The van der Waals surface area contributed by atoms with Crippen molar-refractivity contribution in [1.29, 1.82) is 0 Å². The molecule has 1 aromatic rings. The largest absolute Gasteiger partial charge is 0.448 e. The number of carbonyl (C=O) groups excluding carboxylic acids is 1. The van der Waals surface area contributed by atoms with E-state index in [0.717, 1.165) is 12.1 Å². The summed E-state index contributed by atoms with van der Waals surface area (Å²) in [6.07, 6.45) is -5.23. The summed E-state index contributed by atoms with van der Waals surface area (Å²) in [7, 11) is 0. The molecule has 0 spiro atoms. The molecule has 0 radical (unpaired) electrons. The highest BCUT2D eigenvalue weighted by atomic mass is 19.4. The van der Waals surface area contributed by atoms with Crippen LogP contribution in [0.2, 0.25) is 0 Å². The summed E-state index contributed by atoms with van der Waals surface area (Å²) in [5, 5.41) is 2.78. The van der Waals surface area contributed by atoms with Crippen LogP contribution < -0.4 is 11.1 Å². The number of amides is 1. The highest BCUT2D eigenvalue weighted by Crippen LogP contribution is 2.29. The Hall–Kier alpha value is -1.92. The number of nitrogens with two attached hydrogens (primary N) is 1. The third-order valence-corrected chi connectivity index (χ3v) is 1.89. The summed E-state index contributed by atoms with van der Waals surface area (Å²) in [5.74, 6) is 0. The number of benzene rings is 1. The Bertz CT molecular complexity index is 376. The third-order valence-electron chi connectivity index (χ3n) is 1.89. The molecule has 0 aliphatic carbocycles. The van der Waals surface area contributed by atoms with Crippen LogP contribution in [0.3, 0.4) is 0 Å². The molecular formula is C10H11F3N2O2. The van der Waals surface area contributed by atoms with Gasteiger partial charge in [-0.15, -0.1) is 0 Å². The van der Waals surface area contributed by atoms with E-state index in [2.05, 4.69) is 10.1 Å². The third kappa shape index (κ3) is 4.62. The Morgan fingerprint density at radius 2 is 1.88 bits per heavy atom. The van der Waals surface area contributed by atoms with Gasteiger partial charge in [0, 0.05) is 12.2 Å². The van der Waals surface area contributed by atoms with Crippen LogP contribution >= 0.6 is 0 Å². The molecule has 1 aromatic carbocycles. The number of primary amides is 1. The van der Waals surface area contributed by atoms with Gasteiger partial charge in [0.1, 0.15) is 6.61 Å². The van der Waals surface area contributed by atoms with Crippen LogP contribution in [0.5, 0.6) is 0 Å². The number of nitrogens with one attached hydrogen (secondary N) is 1. The second kappa shape index (κ2) is 5.42. The first-order valence-electron chi connectivity index (χ1n) is 4.73. The Morgan fingerprint density at radius 1 is 1.29 bits per heavy atom. The van der Waals surface area contributed by atoms with Gasteiger partial charge in [0.2, 0.25) is 0 Å². The molecule has 0 heterocycles. The van der Waals surface area contributed by atoms with E-state index in [-0.39, 0.29) is 13.2 Å². The molecule has 0 unspecified atom stereocenters. The Kier molecular flexibility index (Phi) is 4.19. The highest BCUT2D eigenvalue weighted by Gasteiger charge is 2.29. The first kappa shape index (κ1) is 13.1. The summed E-state index contributed by atoms with van der Waals surface area (Å²) in [6.45, 7) is 0.324. The molecule has 0 aliphatic rings. The van der Waals surface area contributed by atoms with Crippen LogP contribution in [0.4, 0.5) is 23.7 Å². The Labute approximate surface area is 95.6 Å². The minimum Gasteiger partial charge on any atom is -0.448 e. The van der Waals surface area contributed by atoms with Gasteiger partial charge in [-0.3, -0.25) is 0 Å². The van der Waals surface area contributed by atoms with Gasteiger partial charge >= 0.3 is 12.3 Å². The van der Waals surface area contributed by atoms with Crippen LogP contribution in [-0.2, 0) is 10.9 Å². The number of alkyl halides is 3. The van der Waals surface area contributed by atoms with Crippen molar-refractivity contribution >= 4 is 11.8 Å². The number of halogens is 3. The molecule has 0 aromatic heterocycles. The minimum atomic E-state index is -4.34. The van der Waals surface area contributed by atoms with E-state index >= 15 is 0 Å². The predicted molar refractivity (Wildman–Crippen MR) is 55.5 cm³/mol. The second-order valence-corrected chi connectivity index (χ2v) is 3.17. The molecule has 0 fully saturated rings. The van der Waals surface area contributed by atoms with Crippen molar-refractivity contribution < 1.29 is 22.7 Å². The second-order valence-electron chi connectivity index (χ2n) is 3.17. The van der Waals surface area contributed by atoms with E-state index in [9.17, 15) is 18.0 Å². The molecule has 1 amide bonds. The molecule has 0 aliphatic heterocycles. The van der Waals surface area contributed by atoms with Crippen LogP contribution in [-0.4, -0.2) is 19.2 Å². The summed E-state index contributed by atoms with van der Waals surface area (Å²) >= 11 is 0. The zero-order valence-corrected chi connectivity index (χ0v) is 8.75. The number of carbonyl (C=O) groups is 1. The van der Waals surface area contributed by atoms with E-state index in [1.807, 2.05) is 0 Å². The highest BCUT2D eigenvalue weighted by molar-refractivity contribution is 5.64. The van der Waals surface area contributed by atoms with Gasteiger partial charge in [-0.25, -0.2) is 4.79 Å². The van der Waals surface area contributed by atoms with E-state index < -0.39 is 17.8 Å². The SMILES string of the molecule is NC(=O)OCCNc1ccc(C(F)(F)F)cc1. The zero-order chi connectivity index (χ0) is 12.9. The van der Waals surface area contributed by atoms with Gasteiger partial charge in [0.15, 0.2) is 0 Å². The summed E-state index contributed by atoms with van der Waals surface area (Å²) < 4.78 is 41.1. The molecule has 3 N–H and O–H groups in total. The molecule has 0 atom stereocenters. The maximum atomic E-state index is 12.2. The number of rotatable bonds is 4. The monoisotopic (exact) mass is 248 g/mol. The smallest absolute Gasteiger partial charge is 0.416 e. The van der Waals surface area contributed by atoms with E-state index in [0.29, 0.717) is 5.69 Å². The zero-order valence-electron chi connectivity index (χ0n) is 8.75. The van der Waals surface area contributed by atoms with Gasteiger partial charge in [-0.05, 0) is 24.3 Å². The average molecular weight is 248 g/mol. The van der Waals surface area contributed by atoms with Crippen molar-refractivity contribution in [2.24, 2.45) is 5.73 Å². The number of hydrogen-bond acceptors (Lipinski definition) is 3. The molecule has 94 valence electrons. The van der Waals surface area contributed by atoms with Crippen molar-refractivity contribution in [3.8, 4) is 0 Å². The van der Waals surface area contributed by atoms with Gasteiger partial charge in [0.25, 0.3) is 0 Å². The molecule has 0 bridgehead atoms. The molecule has 7 heteroatoms. The molecule has 17 heavy (non-hydrogen) atoms. The van der Waals surface area contributed by atoms with E-state index in [1.165, 1.54) is 12.1 Å². The van der Waals surface area contributed by atoms with Crippen molar-refractivity contribution in [2.75, 3.05) is 18.5 Å². The Morgan fingerprint density at radius 3 is 2.35 bits per heavy atom. The number of hydrogen-bond donors (Lipinski definition) is 2. The molecule has 0 saturated carbocycles. The molecule has 1 rings (SSSR count). The topological polar surface area (TPSA) is 64.4 Å². The summed E-state index contributed by atoms with van der Waals surface area (Å²) in [6, 6.07) is 4.54. The van der Waals surface area contributed by atoms with Crippen LogP contribution in [0.15, 0.2) is 24.3 Å². The average Bonchev–Trinajstić information content (AvgIpc) is 2.23. The van der Waals surface area contributed by atoms with E-state index in [4.69, 9.17) is 5.73 Å². The van der Waals surface area contributed by atoms with Crippen LogP contribution in [0.1, 0.15) is 5.56 Å². The van der Waals surface area contributed by atoms with Crippen molar-refractivity contribution in [1.82, 2.24) is 0 Å². The normalized spacial score (nSPS) is 11.0. The fraction of sp³-hybridized carbons (Fsp3) is 0.300.